The maximum Gasteiger partial charge on any atom is 0.408 e. The average molecular weight is 717 g/mol. The molecule has 1 aliphatic heterocycles. The van der Waals surface area contributed by atoms with Crippen molar-refractivity contribution < 1.29 is 63.3 Å². The Morgan fingerprint density at radius 3 is 1.74 bits per heavy atom. The Hall–Kier alpha value is -3.40. The molecule has 2 fully saturated rings. The molecule has 0 aromatic carbocycles. The van der Waals surface area contributed by atoms with Gasteiger partial charge in [0.05, 0.1) is 12.1 Å². The van der Waals surface area contributed by atoms with E-state index in [1.807, 2.05) is 0 Å². The zero-order valence-corrected chi connectivity index (χ0v) is 30.3. The second-order valence-electron chi connectivity index (χ2n) is 15.4. The van der Waals surface area contributed by atoms with Gasteiger partial charge in [-0.15, -0.1) is 12.3 Å². The standard InChI is InChI=1S/C33H56N4O13/c1-11-12-13-14-20(38)34-16-19-23(40)24(41)21(37-30(45)50-33(8,9)10)27(46-19)47-26-18(36-29(44)49-32(5,6)7)15-17(22(39)25(26)42)35-28(43)48-31(2,3)4/h1,17-19,21-27,39-42H,12-16H2,2-10H3,(H,34,38)(H,35,43)(H,36,44)(H,37,45)/t17-,18?,19?,21?,22?,23-,24?,25?,26-,27-/m1/s1. The van der Waals surface area contributed by atoms with E-state index in [4.69, 9.17) is 30.1 Å². The molecular weight excluding hydrogens is 660 g/mol. The van der Waals surface area contributed by atoms with Gasteiger partial charge in [-0.25, -0.2) is 14.4 Å². The summed E-state index contributed by atoms with van der Waals surface area (Å²) < 4.78 is 28.1. The summed E-state index contributed by atoms with van der Waals surface area (Å²) in [7, 11) is 0. The summed E-state index contributed by atoms with van der Waals surface area (Å²) in [5.41, 5.74) is -2.75. The second kappa shape index (κ2) is 17.7. The highest BCUT2D eigenvalue weighted by molar-refractivity contribution is 5.75. The lowest BCUT2D eigenvalue weighted by atomic mass is 9.83. The number of aliphatic hydroxyl groups is 4. The summed E-state index contributed by atoms with van der Waals surface area (Å²) in [6, 6.07) is -3.84. The Morgan fingerprint density at radius 2 is 1.24 bits per heavy atom. The van der Waals surface area contributed by atoms with Crippen molar-refractivity contribution in [2.75, 3.05) is 6.54 Å². The van der Waals surface area contributed by atoms with Gasteiger partial charge >= 0.3 is 18.3 Å². The van der Waals surface area contributed by atoms with Crippen LogP contribution in [0.3, 0.4) is 0 Å². The van der Waals surface area contributed by atoms with Crippen LogP contribution in [0.5, 0.6) is 0 Å². The van der Waals surface area contributed by atoms with Gasteiger partial charge in [-0.1, -0.05) is 0 Å². The molecule has 17 nitrogen and oxygen atoms in total. The summed E-state index contributed by atoms with van der Waals surface area (Å²) in [6.45, 7) is 14.4. The zero-order chi connectivity index (χ0) is 38.2. The number of alkyl carbamates (subject to hydrolysis) is 3. The molecule has 0 spiro atoms. The lowest BCUT2D eigenvalue weighted by molar-refractivity contribution is -0.293. The highest BCUT2D eigenvalue weighted by Gasteiger charge is 2.52. The summed E-state index contributed by atoms with van der Waals surface area (Å²) in [6.07, 6.45) is -8.21. The number of carbonyl (C=O) groups is 4. The third kappa shape index (κ3) is 14.1. The number of aliphatic hydroxyl groups excluding tert-OH is 4. The van der Waals surface area contributed by atoms with Crippen LogP contribution >= 0.6 is 0 Å². The SMILES string of the molecule is C#CCCCC(=O)NCC1O[C@H](O[C@@H]2C(NC(=O)OC(C)(C)C)C[C@@H](NC(=O)OC(C)(C)C)C(O)C2O)C(NC(=O)OC(C)(C)C)C(O)[C@@H]1O. The molecule has 286 valence electrons. The molecule has 0 aromatic heterocycles. The third-order valence-corrected chi connectivity index (χ3v) is 7.31. The second-order valence-corrected chi connectivity index (χ2v) is 15.4. The predicted molar refractivity (Wildman–Crippen MR) is 177 cm³/mol. The van der Waals surface area contributed by atoms with Crippen molar-refractivity contribution in [2.45, 2.75) is 166 Å². The molecule has 0 radical (unpaired) electrons. The fourth-order valence-corrected chi connectivity index (χ4v) is 5.22. The van der Waals surface area contributed by atoms with Crippen LogP contribution in [0, 0.1) is 12.3 Å². The van der Waals surface area contributed by atoms with E-state index in [0.717, 1.165) is 0 Å². The molecule has 17 heteroatoms. The predicted octanol–water partition coefficient (Wildman–Crippen LogP) is 0.543. The van der Waals surface area contributed by atoms with Crippen LogP contribution in [0.2, 0.25) is 0 Å². The molecule has 0 aromatic rings. The van der Waals surface area contributed by atoms with Gasteiger partial charge in [0, 0.05) is 19.4 Å². The van der Waals surface area contributed by atoms with Crippen LogP contribution in [-0.2, 0) is 28.5 Å². The smallest absolute Gasteiger partial charge is 0.408 e. The van der Waals surface area contributed by atoms with Crippen LogP contribution < -0.4 is 21.3 Å². The monoisotopic (exact) mass is 716 g/mol. The minimum absolute atomic E-state index is 0.0982. The van der Waals surface area contributed by atoms with Crippen LogP contribution in [0.15, 0.2) is 0 Å². The van der Waals surface area contributed by atoms with E-state index in [1.165, 1.54) is 0 Å². The van der Waals surface area contributed by atoms with Gasteiger partial charge < -0.3 is 65.4 Å². The fraction of sp³-hybridized carbons (Fsp3) is 0.818. The first-order chi connectivity index (χ1) is 22.9. The minimum atomic E-state index is -1.81. The van der Waals surface area contributed by atoms with Crippen LogP contribution in [0.4, 0.5) is 14.4 Å². The largest absolute Gasteiger partial charge is 0.444 e. The summed E-state index contributed by atoms with van der Waals surface area (Å²) in [5, 5.41) is 54.8. The number of terminal acetylenes is 1. The van der Waals surface area contributed by atoms with Crippen molar-refractivity contribution in [3.8, 4) is 12.3 Å². The highest BCUT2D eigenvalue weighted by atomic mass is 16.7. The van der Waals surface area contributed by atoms with Crippen molar-refractivity contribution in [1.82, 2.24) is 21.3 Å². The van der Waals surface area contributed by atoms with Gasteiger partial charge in [-0.3, -0.25) is 4.79 Å². The number of hydrogen-bond acceptors (Lipinski definition) is 13. The quantitative estimate of drug-likeness (QED) is 0.0876. The number of nitrogens with one attached hydrogen (secondary N) is 4. The van der Waals surface area contributed by atoms with E-state index < -0.39 is 102 Å². The first-order valence-corrected chi connectivity index (χ1v) is 16.6. The molecule has 2 aliphatic rings. The van der Waals surface area contributed by atoms with Crippen LogP contribution in [-0.4, -0.2) is 129 Å². The normalized spacial score (nSPS) is 30.2. The van der Waals surface area contributed by atoms with E-state index >= 15 is 0 Å². The highest BCUT2D eigenvalue weighted by Crippen LogP contribution is 2.30. The summed E-state index contributed by atoms with van der Waals surface area (Å²) in [4.78, 5) is 50.7. The van der Waals surface area contributed by atoms with Gasteiger partial charge in [-0.2, -0.15) is 0 Å². The van der Waals surface area contributed by atoms with Crippen LogP contribution in [0.1, 0.15) is 88.0 Å². The Labute approximate surface area is 293 Å². The average Bonchev–Trinajstić information content (AvgIpc) is 2.93. The van der Waals surface area contributed by atoms with Crippen molar-refractivity contribution in [2.24, 2.45) is 0 Å². The van der Waals surface area contributed by atoms with Crippen molar-refractivity contribution in [3.05, 3.63) is 0 Å². The topological polar surface area (TPSA) is 243 Å². The summed E-state index contributed by atoms with van der Waals surface area (Å²) in [5.74, 6) is 2.04. The molecule has 2 rings (SSSR count). The number of hydrogen-bond donors (Lipinski definition) is 8. The Bertz CT molecular complexity index is 1210. The van der Waals surface area contributed by atoms with E-state index in [9.17, 15) is 39.6 Å². The fourth-order valence-electron chi connectivity index (χ4n) is 5.22. The summed E-state index contributed by atoms with van der Waals surface area (Å²) >= 11 is 0. The molecule has 8 N–H and O–H groups in total. The van der Waals surface area contributed by atoms with E-state index in [2.05, 4.69) is 27.2 Å². The molecular formula is C33H56N4O13. The molecule has 50 heavy (non-hydrogen) atoms. The molecule has 10 atom stereocenters. The number of carbonyl (C=O) groups excluding carboxylic acids is 4. The van der Waals surface area contributed by atoms with Crippen LogP contribution in [0.25, 0.3) is 0 Å². The lowest BCUT2D eigenvalue weighted by Gasteiger charge is -2.48. The third-order valence-electron chi connectivity index (χ3n) is 7.31. The first-order valence-electron chi connectivity index (χ1n) is 16.6. The van der Waals surface area contributed by atoms with E-state index in [1.54, 1.807) is 62.3 Å². The van der Waals surface area contributed by atoms with E-state index in [-0.39, 0.29) is 19.4 Å². The van der Waals surface area contributed by atoms with Gasteiger partial charge in [0.25, 0.3) is 0 Å². The lowest BCUT2D eigenvalue weighted by Crippen LogP contribution is -2.70. The molecule has 0 bridgehead atoms. The van der Waals surface area contributed by atoms with E-state index in [0.29, 0.717) is 12.8 Å². The molecule has 1 aliphatic carbocycles. The molecule has 6 unspecified atom stereocenters. The maximum absolute atomic E-state index is 12.9. The Morgan fingerprint density at radius 1 is 0.740 bits per heavy atom. The number of rotatable bonds is 10. The van der Waals surface area contributed by atoms with Gasteiger partial charge in [0.15, 0.2) is 6.29 Å². The molecule has 4 amide bonds. The molecule has 1 saturated heterocycles. The first kappa shape index (κ1) is 42.8. The van der Waals surface area contributed by atoms with Gasteiger partial charge in [0.1, 0.15) is 59.5 Å². The van der Waals surface area contributed by atoms with Crippen molar-refractivity contribution in [1.29, 1.82) is 0 Å². The van der Waals surface area contributed by atoms with Gasteiger partial charge in [0.2, 0.25) is 5.91 Å². The molecule has 1 saturated carbocycles. The van der Waals surface area contributed by atoms with Gasteiger partial charge in [-0.05, 0) is 75.2 Å². The van der Waals surface area contributed by atoms with Crippen molar-refractivity contribution >= 4 is 24.2 Å². The Kier molecular flexibility index (Phi) is 15.1. The number of ether oxygens (including phenoxy) is 5. The van der Waals surface area contributed by atoms with Crippen molar-refractivity contribution in [3.63, 3.8) is 0 Å². The Balaban J connectivity index is 2.43. The minimum Gasteiger partial charge on any atom is -0.444 e. The maximum atomic E-state index is 12.9. The number of unbranched alkanes of at least 4 members (excludes halogenated alkanes) is 1. The zero-order valence-electron chi connectivity index (χ0n) is 30.3. The number of amides is 4. The molecule has 1 heterocycles.